The van der Waals surface area contributed by atoms with Crippen LogP contribution in [0, 0.1) is 6.92 Å². The highest BCUT2D eigenvalue weighted by Gasteiger charge is 2.32. The van der Waals surface area contributed by atoms with Crippen LogP contribution in [-0.2, 0) is 0 Å². The molecule has 1 fully saturated rings. The van der Waals surface area contributed by atoms with Crippen LogP contribution in [0.5, 0.6) is 5.75 Å². The predicted octanol–water partition coefficient (Wildman–Crippen LogP) is 4.29. The number of piperidine rings is 1. The van der Waals surface area contributed by atoms with Crippen molar-refractivity contribution in [3.8, 4) is 16.9 Å². The van der Waals surface area contributed by atoms with Crippen molar-refractivity contribution in [3.63, 3.8) is 0 Å². The van der Waals surface area contributed by atoms with E-state index in [0.717, 1.165) is 41.6 Å². The molecule has 7 heteroatoms. The van der Waals surface area contributed by atoms with Crippen molar-refractivity contribution >= 4 is 11.9 Å². The van der Waals surface area contributed by atoms with Crippen LogP contribution in [0.4, 0.5) is 5.95 Å². The zero-order chi connectivity index (χ0) is 22.7. The van der Waals surface area contributed by atoms with E-state index in [2.05, 4.69) is 9.97 Å². The number of methoxy groups -OCH3 is 1. The number of aromatic nitrogens is 3. The molecule has 32 heavy (non-hydrogen) atoms. The number of amides is 1. The number of carbonyl (C=O) groups excluding carboxylic acids is 1. The molecular weight excluding hydrogens is 402 g/mol. The fourth-order valence-electron chi connectivity index (χ4n) is 4.22. The lowest BCUT2D eigenvalue weighted by Crippen LogP contribution is -2.39. The Morgan fingerprint density at radius 2 is 2.00 bits per heavy atom. The summed E-state index contributed by atoms with van der Waals surface area (Å²) in [4.78, 5) is 31.2. The van der Waals surface area contributed by atoms with Gasteiger partial charge in [0.2, 0.25) is 5.95 Å². The maximum absolute atomic E-state index is 13.6. The van der Waals surface area contributed by atoms with Crippen LogP contribution >= 0.6 is 0 Å². The molecule has 0 saturated carbocycles. The number of aryl methyl sites for hydroxylation is 1. The number of nitrogens with zero attached hydrogens (tertiary/aromatic N) is 5. The standard InChI is InChI=1S/C25H29N5O2/c1-17-15-26-12-11-20(17)21-16-27-25(29(2)3)28-23(21)22-10-5-6-13-30(22)24(31)18-8-7-9-19(14-18)32-4/h7-9,11-12,14-16,22H,5-6,10,13H2,1-4H3/t22-/m1/s1. The molecule has 3 aromatic rings. The Morgan fingerprint density at radius 1 is 1.16 bits per heavy atom. The third kappa shape index (κ3) is 4.28. The third-order valence-corrected chi connectivity index (χ3v) is 5.91. The maximum Gasteiger partial charge on any atom is 0.254 e. The molecule has 2 aromatic heterocycles. The van der Waals surface area contributed by atoms with Gasteiger partial charge < -0.3 is 14.5 Å². The molecule has 0 spiro atoms. The lowest BCUT2D eigenvalue weighted by molar-refractivity contribution is 0.0606. The first kappa shape index (κ1) is 21.7. The molecule has 1 aliphatic rings. The van der Waals surface area contributed by atoms with E-state index in [1.165, 1.54) is 0 Å². The minimum absolute atomic E-state index is 0.00369. The second-order valence-corrected chi connectivity index (χ2v) is 8.30. The zero-order valence-electron chi connectivity index (χ0n) is 19.1. The first-order chi connectivity index (χ1) is 15.5. The van der Waals surface area contributed by atoms with Crippen LogP contribution in [0.25, 0.3) is 11.1 Å². The van der Waals surface area contributed by atoms with Gasteiger partial charge in [0.1, 0.15) is 5.75 Å². The maximum atomic E-state index is 13.6. The highest BCUT2D eigenvalue weighted by Crippen LogP contribution is 2.38. The average molecular weight is 432 g/mol. The van der Waals surface area contributed by atoms with Crippen LogP contribution in [0.1, 0.15) is 46.9 Å². The molecule has 0 unspecified atom stereocenters. The van der Waals surface area contributed by atoms with Gasteiger partial charge in [0, 0.05) is 50.4 Å². The van der Waals surface area contributed by atoms with Crippen molar-refractivity contribution in [2.45, 2.75) is 32.2 Å². The summed E-state index contributed by atoms with van der Waals surface area (Å²) in [6, 6.07) is 9.20. The summed E-state index contributed by atoms with van der Waals surface area (Å²) in [5.74, 6) is 1.31. The first-order valence-corrected chi connectivity index (χ1v) is 10.9. The van der Waals surface area contributed by atoms with E-state index >= 15 is 0 Å². The number of hydrogen-bond donors (Lipinski definition) is 0. The monoisotopic (exact) mass is 431 g/mol. The zero-order valence-corrected chi connectivity index (χ0v) is 19.1. The fourth-order valence-corrected chi connectivity index (χ4v) is 4.22. The van der Waals surface area contributed by atoms with Crippen molar-refractivity contribution < 1.29 is 9.53 Å². The average Bonchev–Trinajstić information content (AvgIpc) is 2.83. The second-order valence-electron chi connectivity index (χ2n) is 8.30. The number of carbonyl (C=O) groups is 1. The molecule has 3 heterocycles. The molecule has 0 aliphatic carbocycles. The van der Waals surface area contributed by atoms with Crippen molar-refractivity contribution in [2.75, 3.05) is 32.6 Å². The molecule has 1 aromatic carbocycles. The van der Waals surface area contributed by atoms with Gasteiger partial charge in [-0.1, -0.05) is 6.07 Å². The molecule has 166 valence electrons. The topological polar surface area (TPSA) is 71.5 Å². The SMILES string of the molecule is COc1cccc(C(=O)N2CCCC[C@@H]2c2nc(N(C)C)ncc2-c2ccncc2C)c1. The normalized spacial score (nSPS) is 16.0. The minimum atomic E-state index is -0.133. The molecule has 1 amide bonds. The number of ether oxygens (including phenoxy) is 1. The van der Waals surface area contributed by atoms with Gasteiger partial charge in [-0.05, 0) is 61.6 Å². The van der Waals surface area contributed by atoms with Crippen molar-refractivity contribution in [2.24, 2.45) is 0 Å². The van der Waals surface area contributed by atoms with E-state index in [0.29, 0.717) is 23.8 Å². The number of benzene rings is 1. The molecular formula is C25H29N5O2. The van der Waals surface area contributed by atoms with E-state index in [1.54, 1.807) is 19.4 Å². The van der Waals surface area contributed by atoms with Crippen LogP contribution < -0.4 is 9.64 Å². The molecule has 1 aliphatic heterocycles. The van der Waals surface area contributed by atoms with E-state index in [9.17, 15) is 4.79 Å². The van der Waals surface area contributed by atoms with Gasteiger partial charge in [-0.15, -0.1) is 0 Å². The van der Waals surface area contributed by atoms with E-state index in [4.69, 9.17) is 9.72 Å². The lowest BCUT2D eigenvalue weighted by atomic mass is 9.92. The molecule has 0 bridgehead atoms. The van der Waals surface area contributed by atoms with Crippen molar-refractivity contribution in [3.05, 3.63) is 65.7 Å². The van der Waals surface area contributed by atoms with Gasteiger partial charge in [0.25, 0.3) is 5.91 Å². The van der Waals surface area contributed by atoms with Crippen LogP contribution in [0.2, 0.25) is 0 Å². The summed E-state index contributed by atoms with van der Waals surface area (Å²) in [7, 11) is 5.47. The van der Waals surface area contributed by atoms with Gasteiger partial charge in [0.15, 0.2) is 0 Å². The summed E-state index contributed by atoms with van der Waals surface area (Å²) in [6.07, 6.45) is 8.38. The molecule has 1 saturated heterocycles. The Hall–Kier alpha value is -3.48. The molecule has 0 radical (unpaired) electrons. The summed E-state index contributed by atoms with van der Waals surface area (Å²) >= 11 is 0. The quantitative estimate of drug-likeness (QED) is 0.600. The van der Waals surface area contributed by atoms with Crippen LogP contribution in [0.3, 0.4) is 0 Å². The molecule has 0 N–H and O–H groups in total. The lowest BCUT2D eigenvalue weighted by Gasteiger charge is -2.36. The summed E-state index contributed by atoms with van der Waals surface area (Å²) in [5, 5.41) is 0. The van der Waals surface area contributed by atoms with E-state index in [1.807, 2.05) is 67.5 Å². The largest absolute Gasteiger partial charge is 0.497 e. The number of rotatable bonds is 5. The van der Waals surface area contributed by atoms with E-state index < -0.39 is 0 Å². The Balaban J connectivity index is 1.81. The molecule has 1 atom stereocenters. The number of likely N-dealkylation sites (tertiary alicyclic amines) is 1. The highest BCUT2D eigenvalue weighted by atomic mass is 16.5. The first-order valence-electron chi connectivity index (χ1n) is 10.9. The predicted molar refractivity (Wildman–Crippen MR) is 125 cm³/mol. The van der Waals surface area contributed by atoms with Crippen molar-refractivity contribution in [1.29, 1.82) is 0 Å². The van der Waals surface area contributed by atoms with Gasteiger partial charge in [-0.25, -0.2) is 9.97 Å². The van der Waals surface area contributed by atoms with E-state index in [-0.39, 0.29) is 11.9 Å². The number of pyridine rings is 1. The van der Waals surface area contributed by atoms with Gasteiger partial charge in [-0.2, -0.15) is 0 Å². The Morgan fingerprint density at radius 3 is 2.75 bits per heavy atom. The summed E-state index contributed by atoms with van der Waals surface area (Å²) < 4.78 is 5.33. The highest BCUT2D eigenvalue weighted by molar-refractivity contribution is 5.95. The summed E-state index contributed by atoms with van der Waals surface area (Å²) in [6.45, 7) is 2.72. The number of hydrogen-bond acceptors (Lipinski definition) is 6. The molecule has 7 nitrogen and oxygen atoms in total. The Kier molecular flexibility index (Phi) is 6.35. The molecule has 4 rings (SSSR count). The Labute approximate surface area is 189 Å². The number of anilines is 1. The second kappa shape index (κ2) is 9.34. The van der Waals surface area contributed by atoms with Gasteiger partial charge in [-0.3, -0.25) is 9.78 Å². The smallest absolute Gasteiger partial charge is 0.254 e. The fraction of sp³-hybridized carbons (Fsp3) is 0.360. The van der Waals surface area contributed by atoms with Crippen molar-refractivity contribution in [1.82, 2.24) is 19.9 Å². The van der Waals surface area contributed by atoms with Crippen LogP contribution in [-0.4, -0.2) is 53.5 Å². The third-order valence-electron chi connectivity index (χ3n) is 5.91. The van der Waals surface area contributed by atoms with Crippen LogP contribution in [0.15, 0.2) is 48.9 Å². The summed E-state index contributed by atoms with van der Waals surface area (Å²) in [5.41, 5.74) is 4.55. The Bertz CT molecular complexity index is 1110. The minimum Gasteiger partial charge on any atom is -0.497 e. The van der Waals surface area contributed by atoms with Gasteiger partial charge in [0.05, 0.1) is 18.8 Å². The van der Waals surface area contributed by atoms with Gasteiger partial charge >= 0.3 is 0 Å².